The Morgan fingerprint density at radius 2 is 1.61 bits per heavy atom. The summed E-state index contributed by atoms with van der Waals surface area (Å²) in [7, 11) is -4.14. The quantitative estimate of drug-likeness (QED) is 0.375. The second-order valence-electron chi connectivity index (χ2n) is 9.29. The molecule has 1 aliphatic heterocycles. The van der Waals surface area contributed by atoms with Gasteiger partial charge in [-0.2, -0.15) is 0 Å². The number of rotatable bonds is 7. The van der Waals surface area contributed by atoms with Gasteiger partial charge in [-0.1, -0.05) is 73.2 Å². The molecule has 0 bridgehead atoms. The van der Waals surface area contributed by atoms with E-state index in [2.05, 4.69) is 9.88 Å². The van der Waals surface area contributed by atoms with Crippen molar-refractivity contribution in [1.82, 2.24) is 9.88 Å². The fraction of sp³-hybridized carbons (Fsp3) is 0.241. The highest BCUT2D eigenvalue weighted by atomic mass is 32.2. The molecule has 184 valence electrons. The fourth-order valence-electron chi connectivity index (χ4n) is 5.82. The molecule has 0 amide bonds. The van der Waals surface area contributed by atoms with Gasteiger partial charge in [-0.25, -0.2) is 13.6 Å². The van der Waals surface area contributed by atoms with Gasteiger partial charge in [0.2, 0.25) is 10.0 Å². The van der Waals surface area contributed by atoms with Crippen molar-refractivity contribution in [2.24, 2.45) is 5.14 Å². The van der Waals surface area contributed by atoms with Crippen LogP contribution in [0.3, 0.4) is 0 Å². The normalized spacial score (nSPS) is 17.4. The lowest BCUT2D eigenvalue weighted by atomic mass is 9.68. The van der Waals surface area contributed by atoms with Crippen molar-refractivity contribution >= 4 is 27.1 Å². The Labute approximate surface area is 211 Å². The van der Waals surface area contributed by atoms with Crippen LogP contribution >= 0.6 is 0 Å². The molecule has 2 unspecified atom stereocenters. The van der Waals surface area contributed by atoms with Gasteiger partial charge in [0.15, 0.2) is 0 Å². The van der Waals surface area contributed by atoms with Gasteiger partial charge in [0.1, 0.15) is 6.29 Å². The number of likely N-dealkylation sites (tertiary alicyclic amines) is 1. The van der Waals surface area contributed by atoms with E-state index in [-0.39, 0.29) is 4.90 Å². The molecule has 0 aliphatic carbocycles. The third-order valence-electron chi connectivity index (χ3n) is 7.28. The predicted octanol–water partition coefficient (Wildman–Crippen LogP) is 4.59. The summed E-state index contributed by atoms with van der Waals surface area (Å²) in [4.78, 5) is 19.8. The van der Waals surface area contributed by atoms with Crippen LogP contribution in [0.4, 0.5) is 0 Å². The molecule has 36 heavy (non-hydrogen) atoms. The first-order valence-electron chi connectivity index (χ1n) is 12.2. The Balaban J connectivity index is 2.01. The van der Waals surface area contributed by atoms with E-state index in [1.165, 1.54) is 0 Å². The minimum Gasteiger partial charge on any atom is -0.303 e. The van der Waals surface area contributed by atoms with Gasteiger partial charge in [-0.05, 0) is 60.0 Å². The summed E-state index contributed by atoms with van der Waals surface area (Å²) in [6, 6.07) is 24.5. The van der Waals surface area contributed by atoms with E-state index >= 15 is 0 Å². The number of nitrogens with zero attached hydrogens (tertiary/aromatic N) is 2. The van der Waals surface area contributed by atoms with Gasteiger partial charge in [-0.3, -0.25) is 9.88 Å². The molecule has 1 saturated heterocycles. The van der Waals surface area contributed by atoms with Gasteiger partial charge in [0.05, 0.1) is 16.4 Å². The zero-order valence-electron chi connectivity index (χ0n) is 20.0. The zero-order valence-corrected chi connectivity index (χ0v) is 20.8. The molecular formula is C29H29N3O3S. The molecule has 1 aliphatic rings. The number of nitrogens with two attached hydrogens (primary N) is 1. The van der Waals surface area contributed by atoms with Crippen molar-refractivity contribution in [3.05, 3.63) is 108 Å². The van der Waals surface area contributed by atoms with E-state index in [0.29, 0.717) is 18.7 Å². The second kappa shape index (κ2) is 9.93. The van der Waals surface area contributed by atoms with Crippen LogP contribution in [0, 0.1) is 0 Å². The lowest BCUT2D eigenvalue weighted by Gasteiger charge is -2.50. The Hall–Kier alpha value is -3.39. The van der Waals surface area contributed by atoms with Crippen LogP contribution in [-0.2, 0) is 20.4 Å². The molecular weight excluding hydrogens is 470 g/mol. The first-order chi connectivity index (χ1) is 17.5. The molecule has 0 radical (unpaired) electrons. The molecule has 6 nitrogen and oxygen atoms in total. The summed E-state index contributed by atoms with van der Waals surface area (Å²) >= 11 is 0. The lowest BCUT2D eigenvalue weighted by Crippen LogP contribution is -2.54. The molecule has 4 aromatic rings. The predicted molar refractivity (Wildman–Crippen MR) is 141 cm³/mol. The first-order valence-corrected chi connectivity index (χ1v) is 13.7. The number of carbonyl (C=O) groups is 1. The topological polar surface area (TPSA) is 93.4 Å². The third kappa shape index (κ3) is 4.13. The van der Waals surface area contributed by atoms with E-state index in [4.69, 9.17) is 5.14 Å². The molecule has 1 aromatic heterocycles. The number of aldehydes is 1. The molecule has 2 heterocycles. The van der Waals surface area contributed by atoms with Gasteiger partial charge >= 0.3 is 0 Å². The summed E-state index contributed by atoms with van der Waals surface area (Å²) in [5.41, 5.74) is 0.969. The first kappa shape index (κ1) is 24.3. The summed E-state index contributed by atoms with van der Waals surface area (Å²) in [5, 5.41) is 7.53. The minimum atomic E-state index is -4.14. The number of sulfonamides is 1. The van der Waals surface area contributed by atoms with Crippen LogP contribution in [0.1, 0.15) is 41.9 Å². The number of pyridine rings is 1. The molecule has 2 atom stereocenters. The van der Waals surface area contributed by atoms with E-state index in [9.17, 15) is 13.2 Å². The van der Waals surface area contributed by atoms with E-state index in [1.807, 2.05) is 66.7 Å². The highest BCUT2D eigenvalue weighted by Gasteiger charge is 2.51. The number of benzene rings is 3. The van der Waals surface area contributed by atoms with Gasteiger partial charge < -0.3 is 4.79 Å². The zero-order chi connectivity index (χ0) is 25.2. The standard InChI is InChI=1S/C29H29N3O3S/c30-36(34,35)27-16-15-22-10-5-6-14-25(22)28(27)29(24-12-3-1-4-13-24,32-18-7-2-8-19-32)26(21-33)23-11-9-17-31-20-23/h1,3-6,9-17,20-21,26H,2,7-8,18-19H2,(H2,30,34,35). The van der Waals surface area contributed by atoms with Crippen LogP contribution in [0.15, 0.2) is 96.2 Å². The van der Waals surface area contributed by atoms with Crippen LogP contribution in [0.25, 0.3) is 10.8 Å². The number of piperidine rings is 1. The second-order valence-corrected chi connectivity index (χ2v) is 10.8. The Kier molecular flexibility index (Phi) is 6.71. The Bertz CT molecular complexity index is 1470. The lowest BCUT2D eigenvalue weighted by molar-refractivity contribution is -0.112. The van der Waals surface area contributed by atoms with Crippen LogP contribution in [-0.4, -0.2) is 37.7 Å². The largest absolute Gasteiger partial charge is 0.303 e. The van der Waals surface area contributed by atoms with Crippen LogP contribution in [0.5, 0.6) is 0 Å². The molecule has 2 N–H and O–H groups in total. The smallest absolute Gasteiger partial charge is 0.238 e. The van der Waals surface area contributed by atoms with Gasteiger partial charge in [0, 0.05) is 18.0 Å². The summed E-state index contributed by atoms with van der Waals surface area (Å²) < 4.78 is 26.3. The van der Waals surface area contributed by atoms with Crippen LogP contribution in [0.2, 0.25) is 0 Å². The monoisotopic (exact) mass is 499 g/mol. The molecule has 5 rings (SSSR count). The van der Waals surface area contributed by atoms with Crippen molar-refractivity contribution in [3.8, 4) is 0 Å². The molecule has 0 spiro atoms. The SMILES string of the molecule is NS(=O)(=O)c1ccc2ccccc2c1C(c1ccccc1)(C(C=O)c1cccnc1)N1CCCCC1. The summed E-state index contributed by atoms with van der Waals surface area (Å²) in [6.07, 6.45) is 7.28. The molecule has 3 aromatic carbocycles. The number of hydrogen-bond acceptors (Lipinski definition) is 5. The average molecular weight is 500 g/mol. The highest BCUT2D eigenvalue weighted by Crippen LogP contribution is 2.51. The third-order valence-corrected chi connectivity index (χ3v) is 8.23. The average Bonchev–Trinajstić information content (AvgIpc) is 2.92. The van der Waals surface area contributed by atoms with Gasteiger partial charge in [0.25, 0.3) is 0 Å². The fourth-order valence-corrected chi connectivity index (χ4v) is 6.62. The van der Waals surface area contributed by atoms with E-state index in [0.717, 1.165) is 47.4 Å². The van der Waals surface area contributed by atoms with Crippen LogP contribution < -0.4 is 5.14 Å². The van der Waals surface area contributed by atoms with Crippen molar-refractivity contribution in [3.63, 3.8) is 0 Å². The van der Waals surface area contributed by atoms with E-state index < -0.39 is 21.5 Å². The number of carbonyl (C=O) groups excluding carboxylic acids is 1. The van der Waals surface area contributed by atoms with Crippen molar-refractivity contribution in [2.75, 3.05) is 13.1 Å². The number of aromatic nitrogens is 1. The highest BCUT2D eigenvalue weighted by molar-refractivity contribution is 7.89. The van der Waals surface area contributed by atoms with Crippen molar-refractivity contribution in [2.45, 2.75) is 35.6 Å². The summed E-state index contributed by atoms with van der Waals surface area (Å²) in [5.74, 6) is -0.738. The molecule has 0 saturated carbocycles. The van der Waals surface area contributed by atoms with Crippen molar-refractivity contribution in [1.29, 1.82) is 0 Å². The molecule has 1 fully saturated rings. The molecule has 7 heteroatoms. The van der Waals surface area contributed by atoms with E-state index in [1.54, 1.807) is 24.5 Å². The number of fused-ring (bicyclic) bond motifs is 1. The maximum Gasteiger partial charge on any atom is 0.238 e. The minimum absolute atomic E-state index is 0.0337. The Morgan fingerprint density at radius 3 is 2.28 bits per heavy atom. The van der Waals surface area contributed by atoms with Gasteiger partial charge in [-0.15, -0.1) is 0 Å². The number of primary sulfonamides is 1. The number of hydrogen-bond donors (Lipinski definition) is 1. The van der Waals surface area contributed by atoms with Crippen molar-refractivity contribution < 1.29 is 13.2 Å². The maximum atomic E-state index is 13.2. The summed E-state index contributed by atoms with van der Waals surface area (Å²) in [6.45, 7) is 1.43. The maximum absolute atomic E-state index is 13.2. The Morgan fingerprint density at radius 1 is 0.889 bits per heavy atom.